The lowest BCUT2D eigenvalue weighted by molar-refractivity contribution is -0.118. The van der Waals surface area contributed by atoms with Gasteiger partial charge in [0.2, 0.25) is 5.91 Å². The molecule has 0 spiro atoms. The molecule has 0 radical (unpaired) electrons. The van der Waals surface area contributed by atoms with Crippen molar-refractivity contribution in [1.29, 1.82) is 0 Å². The number of amidine groups is 1. The molecule has 2 unspecified atom stereocenters. The second-order valence-electron chi connectivity index (χ2n) is 8.54. The highest BCUT2D eigenvalue weighted by Gasteiger charge is 2.50. The Balaban J connectivity index is 1.63. The highest BCUT2D eigenvalue weighted by molar-refractivity contribution is 9.10. The third-order valence-electron chi connectivity index (χ3n) is 6.22. The summed E-state index contributed by atoms with van der Waals surface area (Å²) in [5.41, 5.74) is 3.08. The van der Waals surface area contributed by atoms with E-state index in [2.05, 4.69) is 20.9 Å². The van der Waals surface area contributed by atoms with E-state index in [1.54, 1.807) is 0 Å². The number of aryl methyl sites for hydroxylation is 2. The Morgan fingerprint density at radius 1 is 1.21 bits per heavy atom. The molecule has 1 aromatic carbocycles. The Hall–Kier alpha value is -0.860. The molecule has 2 heterocycles. The highest BCUT2D eigenvalue weighted by Crippen LogP contribution is 2.43. The molecule has 2 aliphatic heterocycles. The molecule has 2 saturated heterocycles. The first-order valence-corrected chi connectivity index (χ1v) is 13.8. The van der Waals surface area contributed by atoms with Crippen LogP contribution in [-0.4, -0.2) is 42.3 Å². The van der Waals surface area contributed by atoms with Crippen molar-refractivity contribution in [2.24, 2.45) is 10.9 Å². The van der Waals surface area contributed by atoms with E-state index in [0.29, 0.717) is 17.5 Å². The number of hydrogen-bond acceptors (Lipinski definition) is 4. The third-order valence-corrected chi connectivity index (χ3v) is 9.89. The average molecular weight is 499 g/mol. The molecule has 3 aliphatic rings. The van der Waals surface area contributed by atoms with Crippen molar-refractivity contribution in [1.82, 2.24) is 0 Å². The zero-order chi connectivity index (χ0) is 20.8. The number of fused-ring (bicyclic) bond motifs is 1. The van der Waals surface area contributed by atoms with E-state index in [0.717, 1.165) is 27.7 Å². The van der Waals surface area contributed by atoms with Gasteiger partial charge in [-0.2, -0.15) is 4.99 Å². The fraction of sp³-hybridized carbons (Fsp3) is 0.619. The van der Waals surface area contributed by atoms with E-state index in [4.69, 9.17) is 0 Å². The van der Waals surface area contributed by atoms with E-state index in [1.165, 1.54) is 37.4 Å². The van der Waals surface area contributed by atoms with Gasteiger partial charge in [0.15, 0.2) is 15.0 Å². The van der Waals surface area contributed by atoms with Gasteiger partial charge in [-0.1, -0.05) is 53.4 Å². The van der Waals surface area contributed by atoms with Crippen LogP contribution in [0.2, 0.25) is 0 Å². The lowest BCUT2D eigenvalue weighted by Gasteiger charge is -2.28. The van der Waals surface area contributed by atoms with E-state index in [1.807, 2.05) is 30.9 Å². The molecule has 29 heavy (non-hydrogen) atoms. The summed E-state index contributed by atoms with van der Waals surface area (Å²) in [4.78, 5) is 19.2. The molecular formula is C21H27BrN2O3S2. The Labute approximate surface area is 185 Å². The number of thioether (sulfide) groups is 1. The summed E-state index contributed by atoms with van der Waals surface area (Å²) in [7, 11) is -3.07. The number of amides is 1. The van der Waals surface area contributed by atoms with Crippen molar-refractivity contribution in [3.05, 3.63) is 27.7 Å². The quantitative estimate of drug-likeness (QED) is 0.604. The number of carbonyl (C=O) groups excluding carboxylic acids is 1. The SMILES string of the molecule is Cc1cc(Br)cc(C)c1N1C(=NC(=O)CCC2CCCC2)SC2CS(=O)(=O)CC21. The molecule has 1 aromatic rings. The maximum absolute atomic E-state index is 12.7. The summed E-state index contributed by atoms with van der Waals surface area (Å²) >= 11 is 4.99. The normalized spacial score (nSPS) is 27.7. The van der Waals surface area contributed by atoms with Crippen LogP contribution in [0.3, 0.4) is 0 Å². The van der Waals surface area contributed by atoms with Gasteiger partial charge in [0, 0.05) is 21.8 Å². The number of hydrogen-bond donors (Lipinski definition) is 0. The molecule has 1 aliphatic carbocycles. The fourth-order valence-electron chi connectivity index (χ4n) is 4.90. The van der Waals surface area contributed by atoms with Gasteiger partial charge in [-0.05, 0) is 49.4 Å². The van der Waals surface area contributed by atoms with Crippen LogP contribution >= 0.6 is 27.7 Å². The van der Waals surface area contributed by atoms with Gasteiger partial charge in [0.1, 0.15) is 0 Å². The van der Waals surface area contributed by atoms with Gasteiger partial charge in [-0.25, -0.2) is 8.42 Å². The van der Waals surface area contributed by atoms with Crippen LogP contribution < -0.4 is 4.90 Å². The van der Waals surface area contributed by atoms with Crippen LogP contribution in [0, 0.1) is 19.8 Å². The Bertz CT molecular complexity index is 932. The molecular weight excluding hydrogens is 472 g/mol. The van der Waals surface area contributed by atoms with Crippen molar-refractivity contribution in [3.63, 3.8) is 0 Å². The Kier molecular flexibility index (Phi) is 6.15. The van der Waals surface area contributed by atoms with E-state index < -0.39 is 9.84 Å². The maximum Gasteiger partial charge on any atom is 0.248 e. The number of benzene rings is 1. The second kappa shape index (κ2) is 8.35. The monoisotopic (exact) mass is 498 g/mol. The highest BCUT2D eigenvalue weighted by atomic mass is 79.9. The third kappa shape index (κ3) is 4.59. The number of halogens is 1. The molecule has 0 bridgehead atoms. The van der Waals surface area contributed by atoms with Crippen LogP contribution in [0.5, 0.6) is 0 Å². The maximum atomic E-state index is 12.7. The molecule has 158 valence electrons. The first-order valence-electron chi connectivity index (χ1n) is 10.3. The lowest BCUT2D eigenvalue weighted by atomic mass is 10.0. The number of carbonyl (C=O) groups is 1. The summed E-state index contributed by atoms with van der Waals surface area (Å²) in [6.07, 6.45) is 6.40. The lowest BCUT2D eigenvalue weighted by Crippen LogP contribution is -2.38. The summed E-state index contributed by atoms with van der Waals surface area (Å²) in [5, 5.41) is 0.601. The largest absolute Gasteiger partial charge is 0.315 e. The minimum absolute atomic E-state index is 0.0659. The number of sulfone groups is 1. The average Bonchev–Trinajstić information content (AvgIpc) is 3.29. The van der Waals surface area contributed by atoms with E-state index >= 15 is 0 Å². The Morgan fingerprint density at radius 3 is 2.52 bits per heavy atom. The molecule has 3 fully saturated rings. The Morgan fingerprint density at radius 2 is 1.86 bits per heavy atom. The molecule has 5 nitrogen and oxygen atoms in total. The van der Waals surface area contributed by atoms with Gasteiger partial charge in [0.25, 0.3) is 0 Å². The topological polar surface area (TPSA) is 66.8 Å². The van der Waals surface area contributed by atoms with Gasteiger partial charge >= 0.3 is 0 Å². The van der Waals surface area contributed by atoms with Crippen LogP contribution in [0.25, 0.3) is 0 Å². The molecule has 4 rings (SSSR count). The van der Waals surface area contributed by atoms with Crippen molar-refractivity contribution in [2.75, 3.05) is 16.4 Å². The molecule has 0 aromatic heterocycles. The summed E-state index contributed by atoms with van der Waals surface area (Å²) in [6.45, 7) is 4.04. The smallest absolute Gasteiger partial charge is 0.248 e. The van der Waals surface area contributed by atoms with Crippen molar-refractivity contribution >= 4 is 54.3 Å². The van der Waals surface area contributed by atoms with Gasteiger partial charge in [-0.15, -0.1) is 0 Å². The summed E-state index contributed by atoms with van der Waals surface area (Å²) in [6, 6.07) is 3.90. The van der Waals surface area contributed by atoms with Crippen molar-refractivity contribution in [2.45, 2.75) is 63.7 Å². The molecule has 2 atom stereocenters. The standard InChI is InChI=1S/C21H27BrN2O3S2/c1-13-9-16(22)10-14(2)20(13)24-17-11-29(26,27)12-18(17)28-21(24)23-19(25)8-7-15-5-3-4-6-15/h9-10,15,17-18H,3-8,11-12H2,1-2H3. The number of rotatable bonds is 4. The van der Waals surface area contributed by atoms with Crippen molar-refractivity contribution < 1.29 is 13.2 Å². The number of nitrogens with zero attached hydrogens (tertiary/aromatic N) is 2. The second-order valence-corrected chi connectivity index (χ2v) is 12.8. The molecule has 0 N–H and O–H groups in total. The fourth-order valence-corrected chi connectivity index (χ4v) is 9.50. The van der Waals surface area contributed by atoms with Crippen LogP contribution in [-0.2, 0) is 14.6 Å². The molecule has 1 amide bonds. The number of anilines is 1. The first-order chi connectivity index (χ1) is 13.7. The van der Waals surface area contributed by atoms with Gasteiger partial charge < -0.3 is 4.90 Å². The number of aliphatic imine (C=N–C) groups is 1. The molecule has 1 saturated carbocycles. The van der Waals surface area contributed by atoms with Gasteiger partial charge in [0.05, 0.1) is 17.5 Å². The van der Waals surface area contributed by atoms with Crippen LogP contribution in [0.1, 0.15) is 49.7 Å². The van der Waals surface area contributed by atoms with Crippen molar-refractivity contribution in [3.8, 4) is 0 Å². The zero-order valence-electron chi connectivity index (χ0n) is 16.9. The first kappa shape index (κ1) is 21.4. The van der Waals surface area contributed by atoms with Gasteiger partial charge in [-0.3, -0.25) is 4.79 Å². The van der Waals surface area contributed by atoms with Crippen LogP contribution in [0.15, 0.2) is 21.6 Å². The van der Waals surface area contributed by atoms with E-state index in [9.17, 15) is 13.2 Å². The summed E-state index contributed by atoms with van der Waals surface area (Å²) < 4.78 is 25.5. The predicted octanol–water partition coefficient (Wildman–Crippen LogP) is 4.64. The predicted molar refractivity (Wildman–Crippen MR) is 124 cm³/mol. The minimum Gasteiger partial charge on any atom is -0.315 e. The zero-order valence-corrected chi connectivity index (χ0v) is 20.1. The van der Waals surface area contributed by atoms with Crippen LogP contribution in [0.4, 0.5) is 5.69 Å². The molecule has 8 heteroatoms. The summed E-state index contributed by atoms with van der Waals surface area (Å²) in [5.74, 6) is 0.851. The minimum atomic E-state index is -3.07. The van der Waals surface area contributed by atoms with E-state index in [-0.39, 0.29) is 28.7 Å².